The Balaban J connectivity index is 1.22. The van der Waals surface area contributed by atoms with Crippen LogP contribution in [0.3, 0.4) is 0 Å². The van der Waals surface area contributed by atoms with E-state index in [0.717, 1.165) is 42.2 Å². The number of carbonyl (C=O) groups is 1. The second-order valence-corrected chi connectivity index (χ2v) is 9.32. The first-order valence-electron chi connectivity index (χ1n) is 11.9. The van der Waals surface area contributed by atoms with Crippen LogP contribution in [0.1, 0.15) is 19.8 Å². The number of carbonyl (C=O) groups excluding carboxylic acids is 1. The highest BCUT2D eigenvalue weighted by molar-refractivity contribution is 6.30. The third-order valence-corrected chi connectivity index (χ3v) is 7.14. The van der Waals surface area contributed by atoms with Crippen molar-refractivity contribution in [2.24, 2.45) is 5.92 Å². The number of rotatable bonds is 4. The van der Waals surface area contributed by atoms with Crippen LogP contribution in [0.5, 0.6) is 0 Å². The smallest absolute Gasteiger partial charge is 0.295 e. The largest absolute Gasteiger partial charge is 0.368 e. The third-order valence-electron chi connectivity index (χ3n) is 6.91. The summed E-state index contributed by atoms with van der Waals surface area (Å²) < 4.78 is 1.67. The molecule has 1 amide bonds. The van der Waals surface area contributed by atoms with Gasteiger partial charge in [-0.25, -0.2) is 9.97 Å². The summed E-state index contributed by atoms with van der Waals surface area (Å²) in [5, 5.41) is 0.727. The zero-order chi connectivity index (χ0) is 23.7. The number of halogens is 1. The number of hydrogen-bond donors (Lipinski definition) is 0. The molecular weight excluding hydrogens is 452 g/mol. The van der Waals surface area contributed by atoms with E-state index in [4.69, 9.17) is 11.6 Å². The minimum atomic E-state index is -0.115. The normalized spacial score (nSPS) is 17.4. The predicted octanol–water partition coefficient (Wildman–Crippen LogP) is 3.03. The molecule has 2 fully saturated rings. The van der Waals surface area contributed by atoms with E-state index in [1.807, 2.05) is 47.1 Å². The number of pyridine rings is 1. The van der Waals surface area contributed by atoms with Crippen LogP contribution in [0.25, 0.3) is 11.2 Å². The van der Waals surface area contributed by atoms with E-state index < -0.39 is 0 Å². The molecule has 0 unspecified atom stereocenters. The summed E-state index contributed by atoms with van der Waals surface area (Å²) in [7, 11) is 0. The lowest BCUT2D eigenvalue weighted by molar-refractivity contribution is -0.136. The van der Waals surface area contributed by atoms with Crippen LogP contribution < -0.4 is 15.4 Å². The molecule has 2 aliphatic heterocycles. The van der Waals surface area contributed by atoms with Gasteiger partial charge in [-0.1, -0.05) is 17.7 Å². The Hall–Kier alpha value is -3.13. The number of anilines is 2. The molecular formula is C25H29ClN6O2. The number of aryl methyl sites for hydroxylation is 1. The molecule has 9 heteroatoms. The van der Waals surface area contributed by atoms with Gasteiger partial charge in [0.1, 0.15) is 5.52 Å². The van der Waals surface area contributed by atoms with Gasteiger partial charge in [0.05, 0.1) is 0 Å². The standard InChI is InChI=1S/C25H29ClN6O2/c1-2-32-22-21(7-4-10-27-22)28-23(25(32)34)30-11-8-18(9-12-30)24(33)31-15-13-29(14-16-31)20-6-3-5-19(26)17-20/h3-7,10,17-18H,2,8-9,11-16H2,1H3. The van der Waals surface area contributed by atoms with Crippen molar-refractivity contribution in [3.05, 3.63) is 58.0 Å². The van der Waals surface area contributed by atoms with Crippen molar-refractivity contribution in [3.8, 4) is 0 Å². The average molecular weight is 481 g/mol. The molecule has 4 heterocycles. The zero-order valence-electron chi connectivity index (χ0n) is 19.4. The van der Waals surface area contributed by atoms with E-state index in [-0.39, 0.29) is 17.4 Å². The first-order chi connectivity index (χ1) is 16.5. The fourth-order valence-corrected chi connectivity index (χ4v) is 5.20. The third kappa shape index (κ3) is 4.34. The maximum atomic E-state index is 13.2. The van der Waals surface area contributed by atoms with E-state index in [0.29, 0.717) is 44.2 Å². The summed E-state index contributed by atoms with van der Waals surface area (Å²) in [4.78, 5) is 41.6. The summed E-state index contributed by atoms with van der Waals surface area (Å²) in [6, 6.07) is 11.6. The number of piperidine rings is 1. The van der Waals surface area contributed by atoms with Crippen LogP contribution in [0, 0.1) is 5.92 Å². The topological polar surface area (TPSA) is 74.6 Å². The first-order valence-corrected chi connectivity index (χ1v) is 12.3. The average Bonchev–Trinajstić information content (AvgIpc) is 2.88. The molecule has 0 bridgehead atoms. The Morgan fingerprint density at radius 1 is 1.03 bits per heavy atom. The highest BCUT2D eigenvalue weighted by atomic mass is 35.5. The number of nitrogens with zero attached hydrogens (tertiary/aromatic N) is 6. The number of piperazine rings is 1. The molecule has 178 valence electrons. The number of amides is 1. The highest BCUT2D eigenvalue weighted by Crippen LogP contribution is 2.25. The van der Waals surface area contributed by atoms with Crippen LogP contribution in [0.15, 0.2) is 47.4 Å². The Bertz CT molecular complexity index is 1250. The number of aromatic nitrogens is 3. The Kier molecular flexibility index (Phi) is 6.41. The predicted molar refractivity (Wildman–Crippen MR) is 135 cm³/mol. The second-order valence-electron chi connectivity index (χ2n) is 8.88. The van der Waals surface area contributed by atoms with Gasteiger partial charge in [-0.15, -0.1) is 0 Å². The first kappa shape index (κ1) is 22.7. The molecule has 2 aliphatic rings. The van der Waals surface area contributed by atoms with E-state index in [1.54, 1.807) is 10.8 Å². The van der Waals surface area contributed by atoms with Gasteiger partial charge < -0.3 is 14.7 Å². The lowest BCUT2D eigenvalue weighted by atomic mass is 9.95. The maximum absolute atomic E-state index is 13.2. The highest BCUT2D eigenvalue weighted by Gasteiger charge is 2.32. The molecule has 0 spiro atoms. The van der Waals surface area contributed by atoms with Crippen LogP contribution >= 0.6 is 11.6 Å². The fraction of sp³-hybridized carbons (Fsp3) is 0.440. The Morgan fingerprint density at radius 3 is 2.50 bits per heavy atom. The molecule has 8 nitrogen and oxygen atoms in total. The van der Waals surface area contributed by atoms with E-state index >= 15 is 0 Å². The van der Waals surface area contributed by atoms with Gasteiger partial charge in [-0.05, 0) is 50.1 Å². The van der Waals surface area contributed by atoms with Gasteiger partial charge in [0.15, 0.2) is 11.5 Å². The summed E-state index contributed by atoms with van der Waals surface area (Å²) >= 11 is 6.13. The molecule has 1 aromatic carbocycles. The molecule has 0 saturated carbocycles. The quantitative estimate of drug-likeness (QED) is 0.571. The van der Waals surface area contributed by atoms with Crippen molar-refractivity contribution in [3.63, 3.8) is 0 Å². The van der Waals surface area contributed by atoms with E-state index in [1.165, 1.54) is 0 Å². The number of benzene rings is 1. The SMILES string of the molecule is CCn1c(=O)c(N2CCC(C(=O)N3CCN(c4cccc(Cl)c4)CC3)CC2)nc2cccnc21. The van der Waals surface area contributed by atoms with E-state index in [9.17, 15) is 9.59 Å². The molecule has 0 N–H and O–H groups in total. The van der Waals surface area contributed by atoms with Gasteiger partial charge in [0.25, 0.3) is 5.56 Å². The lowest BCUT2D eigenvalue weighted by Crippen LogP contribution is -2.52. The van der Waals surface area contributed by atoms with Gasteiger partial charge in [0, 0.05) is 68.6 Å². The van der Waals surface area contributed by atoms with Crippen molar-refractivity contribution in [2.45, 2.75) is 26.3 Å². The Labute approximate surface area is 203 Å². The number of fused-ring (bicyclic) bond motifs is 1. The second kappa shape index (κ2) is 9.62. The molecule has 2 aromatic heterocycles. The van der Waals surface area contributed by atoms with Gasteiger partial charge >= 0.3 is 0 Å². The zero-order valence-corrected chi connectivity index (χ0v) is 20.1. The van der Waals surface area contributed by atoms with Crippen molar-refractivity contribution in [2.75, 3.05) is 49.1 Å². The fourth-order valence-electron chi connectivity index (χ4n) is 5.02. The summed E-state index contributed by atoms with van der Waals surface area (Å²) in [6.07, 6.45) is 3.14. The summed E-state index contributed by atoms with van der Waals surface area (Å²) in [6.45, 7) is 6.81. The molecule has 34 heavy (non-hydrogen) atoms. The van der Waals surface area contributed by atoms with Crippen LogP contribution in [-0.4, -0.2) is 64.6 Å². The maximum Gasteiger partial charge on any atom is 0.295 e. The number of hydrogen-bond acceptors (Lipinski definition) is 6. The van der Waals surface area contributed by atoms with Crippen LogP contribution in [0.4, 0.5) is 11.5 Å². The minimum absolute atomic E-state index is 0.00973. The van der Waals surface area contributed by atoms with Crippen LogP contribution in [0.2, 0.25) is 5.02 Å². The molecule has 0 atom stereocenters. The van der Waals surface area contributed by atoms with Crippen molar-refractivity contribution < 1.29 is 4.79 Å². The van der Waals surface area contributed by atoms with Crippen molar-refractivity contribution in [1.29, 1.82) is 0 Å². The summed E-state index contributed by atoms with van der Waals surface area (Å²) in [5.74, 6) is 0.680. The van der Waals surface area contributed by atoms with Crippen LogP contribution in [-0.2, 0) is 11.3 Å². The monoisotopic (exact) mass is 480 g/mol. The molecule has 5 rings (SSSR count). The lowest BCUT2D eigenvalue weighted by Gasteiger charge is -2.39. The molecule has 0 aliphatic carbocycles. The summed E-state index contributed by atoms with van der Waals surface area (Å²) in [5.41, 5.74) is 2.31. The Morgan fingerprint density at radius 2 is 1.79 bits per heavy atom. The van der Waals surface area contributed by atoms with E-state index in [2.05, 4.69) is 20.9 Å². The van der Waals surface area contributed by atoms with Crippen molar-refractivity contribution in [1.82, 2.24) is 19.4 Å². The molecule has 0 radical (unpaired) electrons. The molecule has 3 aromatic rings. The minimum Gasteiger partial charge on any atom is -0.368 e. The van der Waals surface area contributed by atoms with Gasteiger partial charge in [0.2, 0.25) is 5.91 Å². The molecule has 2 saturated heterocycles. The van der Waals surface area contributed by atoms with Crippen molar-refractivity contribution >= 4 is 40.2 Å². The van der Waals surface area contributed by atoms with Gasteiger partial charge in [-0.3, -0.25) is 14.2 Å². The van der Waals surface area contributed by atoms with Gasteiger partial charge in [-0.2, -0.15) is 0 Å².